The number of rotatable bonds is 3. The number of aryl methyl sites for hydroxylation is 1. The van der Waals surface area contributed by atoms with E-state index in [-0.39, 0.29) is 5.69 Å². The highest BCUT2D eigenvalue weighted by atomic mass is 79.9. The van der Waals surface area contributed by atoms with Gasteiger partial charge in [0.15, 0.2) is 0 Å². The van der Waals surface area contributed by atoms with Crippen LogP contribution in [0, 0.1) is 0 Å². The first kappa shape index (κ1) is 13.2. The van der Waals surface area contributed by atoms with E-state index in [9.17, 15) is 9.90 Å². The second kappa shape index (κ2) is 4.96. The maximum absolute atomic E-state index is 11.3. The molecule has 6 heteroatoms. The molecule has 0 aliphatic carbocycles. The van der Waals surface area contributed by atoms with Gasteiger partial charge in [0.25, 0.3) is 0 Å². The monoisotopic (exact) mass is 336 g/mol. The molecule has 3 N–H and O–H groups in total. The van der Waals surface area contributed by atoms with Crippen LogP contribution in [0.15, 0.2) is 37.9 Å². The fraction of sp³-hybridized carbons (Fsp3) is 0.214. The average Bonchev–Trinajstić information content (AvgIpc) is 3.02. The predicted octanol–water partition coefficient (Wildman–Crippen LogP) is 2.86. The number of furan rings is 1. The Bertz CT molecular complexity index is 815. The van der Waals surface area contributed by atoms with E-state index in [0.717, 1.165) is 12.2 Å². The second-order valence-electron chi connectivity index (χ2n) is 4.56. The summed E-state index contributed by atoms with van der Waals surface area (Å²) in [5.41, 5.74) is 1.70. The van der Waals surface area contributed by atoms with E-state index in [2.05, 4.69) is 25.9 Å². The third-order valence-electron chi connectivity index (χ3n) is 3.23. The number of imidazole rings is 1. The summed E-state index contributed by atoms with van der Waals surface area (Å²) in [6.45, 7) is 1.99. The van der Waals surface area contributed by atoms with Crippen molar-refractivity contribution >= 4 is 27.0 Å². The molecular formula is C14H13BrN2O3. The molecule has 20 heavy (non-hydrogen) atoms. The molecule has 0 fully saturated rings. The lowest BCUT2D eigenvalue weighted by Crippen LogP contribution is -2.00. The quantitative estimate of drug-likeness (QED) is 0.687. The zero-order valence-corrected chi connectivity index (χ0v) is 12.3. The van der Waals surface area contributed by atoms with E-state index < -0.39 is 6.10 Å². The van der Waals surface area contributed by atoms with Crippen LogP contribution < -0.4 is 5.69 Å². The average molecular weight is 337 g/mol. The van der Waals surface area contributed by atoms with Gasteiger partial charge in [-0.15, -0.1) is 0 Å². The van der Waals surface area contributed by atoms with Gasteiger partial charge in [-0.1, -0.05) is 22.9 Å². The maximum Gasteiger partial charge on any atom is 0.323 e. The number of hydrogen-bond donors (Lipinski definition) is 3. The highest BCUT2D eigenvalue weighted by Crippen LogP contribution is 2.31. The van der Waals surface area contributed by atoms with Crippen LogP contribution in [0.4, 0.5) is 0 Å². The number of hydrogen-bond acceptors (Lipinski definition) is 3. The number of halogens is 1. The van der Waals surface area contributed by atoms with Crippen molar-refractivity contribution in [2.45, 2.75) is 19.4 Å². The van der Waals surface area contributed by atoms with Gasteiger partial charge in [-0.25, -0.2) is 4.79 Å². The molecule has 2 heterocycles. The third kappa shape index (κ3) is 2.21. The summed E-state index contributed by atoms with van der Waals surface area (Å²) in [6, 6.07) is 7.11. The molecule has 0 saturated heterocycles. The maximum atomic E-state index is 11.3. The minimum atomic E-state index is -0.882. The molecule has 0 bridgehead atoms. The second-order valence-corrected chi connectivity index (χ2v) is 5.41. The van der Waals surface area contributed by atoms with Crippen molar-refractivity contribution in [1.29, 1.82) is 0 Å². The number of benzene rings is 1. The minimum Gasteiger partial charge on any atom is -0.463 e. The molecule has 0 radical (unpaired) electrons. The Morgan fingerprint density at radius 1 is 1.30 bits per heavy atom. The first-order valence-corrected chi connectivity index (χ1v) is 7.06. The topological polar surface area (TPSA) is 82.0 Å². The van der Waals surface area contributed by atoms with Crippen molar-refractivity contribution in [3.63, 3.8) is 0 Å². The summed E-state index contributed by atoms with van der Waals surface area (Å²) in [5, 5.41) is 10.4. The summed E-state index contributed by atoms with van der Waals surface area (Å²) < 4.78 is 6.28. The molecule has 1 aromatic carbocycles. The van der Waals surface area contributed by atoms with Crippen molar-refractivity contribution in [2.75, 3.05) is 0 Å². The Labute approximate surface area is 122 Å². The Morgan fingerprint density at radius 3 is 2.65 bits per heavy atom. The highest BCUT2D eigenvalue weighted by molar-refractivity contribution is 9.10. The van der Waals surface area contributed by atoms with Crippen LogP contribution in [0.2, 0.25) is 0 Å². The predicted molar refractivity (Wildman–Crippen MR) is 78.8 cm³/mol. The molecule has 1 atom stereocenters. The lowest BCUT2D eigenvalue weighted by atomic mass is 10.1. The zero-order valence-electron chi connectivity index (χ0n) is 10.7. The number of H-pyrrole nitrogens is 2. The third-order valence-corrected chi connectivity index (χ3v) is 3.91. The van der Waals surface area contributed by atoms with Gasteiger partial charge in [0.05, 0.1) is 11.0 Å². The van der Waals surface area contributed by atoms with Crippen LogP contribution in [0.1, 0.15) is 30.1 Å². The van der Waals surface area contributed by atoms with Crippen LogP contribution in [-0.4, -0.2) is 15.1 Å². The highest BCUT2D eigenvalue weighted by Gasteiger charge is 2.18. The molecule has 0 spiro atoms. The van der Waals surface area contributed by atoms with Crippen LogP contribution in [0.5, 0.6) is 0 Å². The Balaban J connectivity index is 2.07. The van der Waals surface area contributed by atoms with E-state index in [1.807, 2.05) is 13.0 Å². The number of aliphatic hydroxyl groups excluding tert-OH is 1. The number of aromatic nitrogens is 2. The molecule has 3 aromatic rings. The van der Waals surface area contributed by atoms with Crippen molar-refractivity contribution in [3.8, 4) is 0 Å². The van der Waals surface area contributed by atoms with E-state index in [4.69, 9.17) is 4.42 Å². The molecule has 3 rings (SSSR count). The molecule has 0 amide bonds. The van der Waals surface area contributed by atoms with Gasteiger partial charge >= 0.3 is 5.69 Å². The largest absolute Gasteiger partial charge is 0.463 e. The van der Waals surface area contributed by atoms with Gasteiger partial charge in [-0.3, -0.25) is 0 Å². The van der Waals surface area contributed by atoms with Gasteiger partial charge in [0.1, 0.15) is 17.6 Å². The first-order chi connectivity index (χ1) is 9.58. The summed E-state index contributed by atoms with van der Waals surface area (Å²) in [4.78, 5) is 16.6. The van der Waals surface area contributed by atoms with E-state index in [1.165, 1.54) is 0 Å². The van der Waals surface area contributed by atoms with Crippen LogP contribution in [0.3, 0.4) is 0 Å². The minimum absolute atomic E-state index is 0.273. The van der Waals surface area contributed by atoms with Gasteiger partial charge in [0.2, 0.25) is 0 Å². The van der Waals surface area contributed by atoms with Crippen LogP contribution in [0.25, 0.3) is 11.0 Å². The molecule has 0 saturated carbocycles. The molecule has 2 aromatic heterocycles. The summed E-state index contributed by atoms with van der Waals surface area (Å²) in [6.07, 6.45) is -0.106. The molecule has 0 aliphatic rings. The smallest absolute Gasteiger partial charge is 0.323 e. The van der Waals surface area contributed by atoms with Gasteiger partial charge in [0, 0.05) is 16.5 Å². The Morgan fingerprint density at radius 2 is 2.00 bits per heavy atom. The van der Waals surface area contributed by atoms with Crippen molar-refractivity contribution in [1.82, 2.24) is 9.97 Å². The van der Waals surface area contributed by atoms with Gasteiger partial charge in [-0.05, 0) is 24.3 Å². The fourth-order valence-electron chi connectivity index (χ4n) is 2.17. The van der Waals surface area contributed by atoms with Crippen molar-refractivity contribution in [2.24, 2.45) is 0 Å². The van der Waals surface area contributed by atoms with Gasteiger partial charge < -0.3 is 19.5 Å². The lowest BCUT2D eigenvalue weighted by Gasteiger charge is -2.10. The van der Waals surface area contributed by atoms with Crippen molar-refractivity contribution < 1.29 is 9.52 Å². The summed E-state index contributed by atoms with van der Waals surface area (Å²) in [7, 11) is 0. The van der Waals surface area contributed by atoms with Crippen molar-refractivity contribution in [3.05, 3.63) is 56.3 Å². The number of fused-ring (bicyclic) bond motifs is 1. The van der Waals surface area contributed by atoms with E-state index >= 15 is 0 Å². The number of nitrogens with one attached hydrogen (secondary N) is 2. The Kier molecular flexibility index (Phi) is 3.27. The summed E-state index contributed by atoms with van der Waals surface area (Å²) >= 11 is 3.41. The molecule has 5 nitrogen and oxygen atoms in total. The number of aliphatic hydroxyl groups is 1. The molecule has 0 aliphatic heterocycles. The van der Waals surface area contributed by atoms with Crippen LogP contribution >= 0.6 is 15.9 Å². The zero-order chi connectivity index (χ0) is 14.3. The molecular weight excluding hydrogens is 324 g/mol. The first-order valence-electron chi connectivity index (χ1n) is 6.26. The Hall–Kier alpha value is -1.79. The van der Waals surface area contributed by atoms with Gasteiger partial charge in [-0.2, -0.15) is 0 Å². The SMILES string of the molecule is CCc1ccc(C(O)c2cc3[nH]c(=O)[nH]c3cc2Br)o1. The standard InChI is InChI=1S/C14H13BrN2O3/c1-2-7-3-4-12(20-7)13(18)8-5-10-11(6-9(8)15)17-14(19)16-10/h3-6,13,18H,2H2,1H3,(H2,16,17,19). The summed E-state index contributed by atoms with van der Waals surface area (Å²) in [5.74, 6) is 1.31. The van der Waals surface area contributed by atoms with Crippen LogP contribution in [-0.2, 0) is 6.42 Å². The van der Waals surface area contributed by atoms with E-state index in [0.29, 0.717) is 26.8 Å². The fourth-order valence-corrected chi connectivity index (χ4v) is 2.73. The number of aromatic amines is 2. The lowest BCUT2D eigenvalue weighted by molar-refractivity contribution is 0.186. The normalized spacial score (nSPS) is 12.9. The molecule has 104 valence electrons. The molecule has 1 unspecified atom stereocenters. The van der Waals surface area contributed by atoms with E-state index in [1.54, 1.807) is 18.2 Å².